The van der Waals surface area contributed by atoms with Crippen molar-refractivity contribution in [3.63, 3.8) is 0 Å². The number of fused-ring (bicyclic) bond motifs is 1. The van der Waals surface area contributed by atoms with Crippen LogP contribution >= 0.6 is 0 Å². The van der Waals surface area contributed by atoms with Crippen molar-refractivity contribution >= 4 is 22.8 Å². The highest BCUT2D eigenvalue weighted by Gasteiger charge is 2.22. The van der Waals surface area contributed by atoms with Crippen molar-refractivity contribution in [1.82, 2.24) is 20.4 Å². The van der Waals surface area contributed by atoms with Crippen molar-refractivity contribution in [2.24, 2.45) is 0 Å². The van der Waals surface area contributed by atoms with Gasteiger partial charge in [-0.25, -0.2) is 9.78 Å². The van der Waals surface area contributed by atoms with Gasteiger partial charge in [0.05, 0.1) is 24.2 Å². The summed E-state index contributed by atoms with van der Waals surface area (Å²) in [5, 5.41) is 10.1. The predicted molar refractivity (Wildman–Crippen MR) is 134 cm³/mol. The Kier molecular flexibility index (Phi) is 6.17. The molecule has 2 heterocycles. The number of benzene rings is 3. The molecule has 0 aliphatic heterocycles. The van der Waals surface area contributed by atoms with Crippen LogP contribution in [-0.2, 0) is 6.42 Å². The van der Waals surface area contributed by atoms with Gasteiger partial charge in [0.25, 0.3) is 0 Å². The second-order valence-electron chi connectivity index (χ2n) is 8.17. The number of nitrogens with one attached hydrogen (secondary N) is 3. The molecule has 0 fully saturated rings. The number of carbonyl (C=O) groups is 1. The van der Waals surface area contributed by atoms with Crippen molar-refractivity contribution in [2.75, 3.05) is 12.4 Å². The molecule has 1 unspecified atom stereocenters. The number of hydrogen-bond donors (Lipinski definition) is 3. The van der Waals surface area contributed by atoms with Gasteiger partial charge in [-0.15, -0.1) is 0 Å². The summed E-state index contributed by atoms with van der Waals surface area (Å²) in [7, 11) is 1.63. The average molecular weight is 468 g/mol. The molecule has 3 aromatic carbocycles. The Morgan fingerprint density at radius 3 is 2.51 bits per heavy atom. The molecule has 0 bridgehead atoms. The maximum absolute atomic E-state index is 13.2. The van der Waals surface area contributed by atoms with Crippen molar-refractivity contribution in [3.05, 3.63) is 96.0 Å². The monoisotopic (exact) mass is 467 g/mol. The highest BCUT2D eigenvalue weighted by atomic mass is 16.5. The van der Waals surface area contributed by atoms with E-state index >= 15 is 0 Å². The van der Waals surface area contributed by atoms with Gasteiger partial charge in [0.2, 0.25) is 0 Å². The quantitative estimate of drug-likeness (QED) is 0.287. The zero-order chi connectivity index (χ0) is 24.2. The average Bonchev–Trinajstić information content (AvgIpc) is 3.48. The van der Waals surface area contributed by atoms with Crippen LogP contribution in [-0.4, -0.2) is 28.3 Å². The molecule has 2 aromatic heterocycles. The Morgan fingerprint density at radius 2 is 1.77 bits per heavy atom. The smallest absolute Gasteiger partial charge is 0.319 e. The first kappa shape index (κ1) is 22.2. The third-order valence-corrected chi connectivity index (χ3v) is 5.79. The van der Waals surface area contributed by atoms with Crippen LogP contribution in [0.4, 0.5) is 10.5 Å². The van der Waals surface area contributed by atoms with Crippen LogP contribution in [0.5, 0.6) is 5.75 Å². The molecule has 0 radical (unpaired) electrons. The van der Waals surface area contributed by atoms with E-state index in [0.717, 1.165) is 27.9 Å². The van der Waals surface area contributed by atoms with Gasteiger partial charge in [-0.1, -0.05) is 59.8 Å². The van der Waals surface area contributed by atoms with Crippen LogP contribution in [0, 0.1) is 6.92 Å². The fourth-order valence-corrected chi connectivity index (χ4v) is 3.97. The number of aromatic nitrogens is 3. The molecular formula is C27H25N5O3. The fraction of sp³-hybridized carbons (Fsp3) is 0.148. The molecule has 5 rings (SSSR count). The van der Waals surface area contributed by atoms with Crippen molar-refractivity contribution < 1.29 is 14.1 Å². The van der Waals surface area contributed by atoms with Gasteiger partial charge < -0.3 is 24.9 Å². The van der Waals surface area contributed by atoms with Crippen molar-refractivity contribution in [3.8, 4) is 17.0 Å². The summed E-state index contributed by atoms with van der Waals surface area (Å²) in [5.41, 5.74) is 4.74. The number of urea groups is 1. The summed E-state index contributed by atoms with van der Waals surface area (Å²) in [6, 6.07) is 24.3. The molecule has 8 heteroatoms. The zero-order valence-electron chi connectivity index (χ0n) is 19.4. The standard InChI is InChI=1S/C27H25N5O3/c1-17-24(25(32-35-17)19-8-4-3-5-9-19)31-27(33)30-23(16-18-12-14-20(34-2)15-13-18)26-28-21-10-6-7-11-22(21)29-26/h3-15,23H,16H2,1-2H3,(H,28,29)(H2,30,31,33). The molecule has 0 saturated carbocycles. The third-order valence-electron chi connectivity index (χ3n) is 5.79. The Hall–Kier alpha value is -4.59. The Bertz CT molecular complexity index is 1410. The van der Waals surface area contributed by atoms with Gasteiger partial charge in [0.1, 0.15) is 23.0 Å². The van der Waals surface area contributed by atoms with Crippen LogP contribution in [0.25, 0.3) is 22.3 Å². The first-order valence-corrected chi connectivity index (χ1v) is 11.3. The molecule has 8 nitrogen and oxygen atoms in total. The minimum Gasteiger partial charge on any atom is -0.497 e. The van der Waals surface area contributed by atoms with E-state index < -0.39 is 6.04 Å². The predicted octanol–water partition coefficient (Wildman–Crippen LogP) is 5.64. The number of imidazole rings is 1. The van der Waals surface area contributed by atoms with Crippen LogP contribution < -0.4 is 15.4 Å². The Balaban J connectivity index is 1.41. The first-order chi connectivity index (χ1) is 17.1. The second kappa shape index (κ2) is 9.72. The molecule has 3 N–H and O–H groups in total. The van der Waals surface area contributed by atoms with Crippen LogP contribution in [0.15, 0.2) is 83.4 Å². The number of hydrogen-bond acceptors (Lipinski definition) is 5. The lowest BCUT2D eigenvalue weighted by molar-refractivity contribution is 0.248. The molecule has 0 aliphatic carbocycles. The van der Waals surface area contributed by atoms with Crippen LogP contribution in [0.3, 0.4) is 0 Å². The fourth-order valence-electron chi connectivity index (χ4n) is 3.97. The largest absolute Gasteiger partial charge is 0.497 e. The highest BCUT2D eigenvalue weighted by molar-refractivity contribution is 5.94. The van der Waals surface area contributed by atoms with E-state index in [0.29, 0.717) is 29.4 Å². The first-order valence-electron chi connectivity index (χ1n) is 11.3. The molecular weight excluding hydrogens is 442 g/mol. The topological polar surface area (TPSA) is 105 Å². The molecule has 35 heavy (non-hydrogen) atoms. The van der Waals surface area contributed by atoms with E-state index in [4.69, 9.17) is 14.2 Å². The number of H-pyrrole nitrogens is 1. The maximum Gasteiger partial charge on any atom is 0.319 e. The van der Waals surface area contributed by atoms with Crippen molar-refractivity contribution in [2.45, 2.75) is 19.4 Å². The van der Waals surface area contributed by atoms with Gasteiger partial charge >= 0.3 is 6.03 Å². The second-order valence-corrected chi connectivity index (χ2v) is 8.17. The van der Waals surface area contributed by atoms with Gasteiger partial charge in [-0.3, -0.25) is 0 Å². The minimum atomic E-state index is -0.406. The van der Waals surface area contributed by atoms with E-state index in [-0.39, 0.29) is 6.03 Å². The van der Waals surface area contributed by atoms with E-state index in [1.807, 2.05) is 78.9 Å². The lowest BCUT2D eigenvalue weighted by atomic mass is 10.1. The van der Waals surface area contributed by atoms with Gasteiger partial charge in [0, 0.05) is 5.56 Å². The summed E-state index contributed by atoms with van der Waals surface area (Å²) in [5.74, 6) is 1.97. The molecule has 0 saturated heterocycles. The third kappa shape index (κ3) is 4.86. The normalized spacial score (nSPS) is 11.8. The van der Waals surface area contributed by atoms with E-state index in [1.54, 1.807) is 14.0 Å². The summed E-state index contributed by atoms with van der Waals surface area (Å²) >= 11 is 0. The van der Waals surface area contributed by atoms with E-state index in [9.17, 15) is 4.79 Å². The number of methoxy groups -OCH3 is 1. The molecule has 176 valence electrons. The van der Waals surface area contributed by atoms with Crippen molar-refractivity contribution in [1.29, 1.82) is 0 Å². The number of rotatable bonds is 7. The molecule has 0 spiro atoms. The Labute approximate surface area is 202 Å². The van der Waals surface area contributed by atoms with Gasteiger partial charge in [0.15, 0.2) is 5.76 Å². The van der Waals surface area contributed by atoms with Crippen LogP contribution in [0.2, 0.25) is 0 Å². The molecule has 1 atom stereocenters. The van der Waals surface area contributed by atoms with Gasteiger partial charge in [-0.2, -0.15) is 0 Å². The van der Waals surface area contributed by atoms with E-state index in [2.05, 4.69) is 20.8 Å². The summed E-state index contributed by atoms with van der Waals surface area (Å²) in [6.07, 6.45) is 0.533. The molecule has 5 aromatic rings. The number of para-hydroxylation sites is 2. The number of ether oxygens (including phenoxy) is 1. The molecule has 0 aliphatic rings. The minimum absolute atomic E-state index is 0.382. The van der Waals surface area contributed by atoms with Gasteiger partial charge in [-0.05, 0) is 43.2 Å². The highest BCUT2D eigenvalue weighted by Crippen LogP contribution is 2.30. The number of aromatic amines is 1. The number of amides is 2. The van der Waals surface area contributed by atoms with E-state index in [1.165, 1.54) is 0 Å². The lowest BCUT2D eigenvalue weighted by Gasteiger charge is -2.18. The lowest BCUT2D eigenvalue weighted by Crippen LogP contribution is -2.34. The maximum atomic E-state index is 13.2. The SMILES string of the molecule is COc1ccc(CC(NC(=O)Nc2c(-c3ccccc3)noc2C)c2nc3ccccc3[nH]2)cc1. The number of aryl methyl sites for hydroxylation is 1. The summed E-state index contributed by atoms with van der Waals surface area (Å²) in [4.78, 5) is 21.2. The molecule has 2 amide bonds. The number of anilines is 1. The Morgan fingerprint density at radius 1 is 1.03 bits per heavy atom. The van der Waals surface area contributed by atoms with Crippen LogP contribution in [0.1, 0.15) is 23.2 Å². The number of carbonyl (C=O) groups excluding carboxylic acids is 1. The zero-order valence-corrected chi connectivity index (χ0v) is 19.4. The number of nitrogens with zero attached hydrogens (tertiary/aromatic N) is 2. The summed E-state index contributed by atoms with van der Waals surface area (Å²) < 4.78 is 10.6. The summed E-state index contributed by atoms with van der Waals surface area (Å²) in [6.45, 7) is 1.77.